The van der Waals surface area contributed by atoms with Crippen LogP contribution in [-0.4, -0.2) is 40.8 Å². The van der Waals surface area contributed by atoms with Gasteiger partial charge in [0.05, 0.1) is 5.56 Å². The van der Waals surface area contributed by atoms with Crippen LogP contribution in [0.5, 0.6) is 5.75 Å². The normalized spacial score (nSPS) is 17.4. The molecule has 158 valence electrons. The zero-order chi connectivity index (χ0) is 20.9. The Labute approximate surface area is 166 Å². The molecule has 0 radical (unpaired) electrons. The van der Waals surface area contributed by atoms with Crippen LogP contribution < -0.4 is 4.74 Å². The van der Waals surface area contributed by atoms with E-state index in [0.29, 0.717) is 25.4 Å². The average Bonchev–Trinajstić information content (AvgIpc) is 3.19. The van der Waals surface area contributed by atoms with Crippen LogP contribution in [0.2, 0.25) is 0 Å². The highest BCUT2D eigenvalue weighted by Gasteiger charge is 2.30. The molecule has 0 aliphatic carbocycles. The van der Waals surface area contributed by atoms with Crippen molar-refractivity contribution in [3.05, 3.63) is 47.3 Å². The number of aromatic nitrogens is 1. The number of carbonyl (C=O) groups is 1. The van der Waals surface area contributed by atoms with E-state index in [1.807, 2.05) is 0 Å². The van der Waals surface area contributed by atoms with Crippen LogP contribution in [0, 0.1) is 5.92 Å². The Hall–Kier alpha value is -2.55. The molecule has 1 saturated heterocycles. The van der Waals surface area contributed by atoms with Crippen LogP contribution in [0.25, 0.3) is 0 Å². The Morgan fingerprint density at radius 3 is 2.93 bits per heavy atom. The average molecular weight is 412 g/mol. The van der Waals surface area contributed by atoms with Gasteiger partial charge in [-0.05, 0) is 49.8 Å². The van der Waals surface area contributed by atoms with Crippen molar-refractivity contribution in [3.63, 3.8) is 0 Å². The summed E-state index contributed by atoms with van der Waals surface area (Å²) in [6, 6.07) is 6.00. The number of halogens is 3. The third-order valence-corrected chi connectivity index (χ3v) is 4.90. The number of ether oxygens (including phenoxy) is 1. The molecular weight excluding hydrogens is 389 g/mol. The number of piperidine rings is 1. The number of aliphatic hydroxyl groups excluding tert-OH is 1. The van der Waals surface area contributed by atoms with Gasteiger partial charge >= 0.3 is 6.18 Å². The molecule has 1 N–H and O–H groups in total. The second-order valence-corrected chi connectivity index (χ2v) is 7.12. The molecule has 1 aromatic carbocycles. The lowest BCUT2D eigenvalue weighted by molar-refractivity contribution is -0.137. The second-order valence-electron chi connectivity index (χ2n) is 7.12. The largest absolute Gasteiger partial charge is 0.486 e. The smallest absolute Gasteiger partial charge is 0.416 e. The van der Waals surface area contributed by atoms with E-state index in [2.05, 4.69) is 5.16 Å². The topological polar surface area (TPSA) is 75.8 Å². The van der Waals surface area contributed by atoms with Gasteiger partial charge in [-0.1, -0.05) is 11.2 Å². The Bertz CT molecular complexity index is 822. The summed E-state index contributed by atoms with van der Waals surface area (Å²) in [6.45, 7) is 1.25. The van der Waals surface area contributed by atoms with E-state index in [1.165, 1.54) is 18.2 Å². The standard InChI is InChI=1S/C20H23F3N2O4/c21-20(22,23)15-6-1-7-16(10-15)28-13-17-11-18(24-29-17)19(27)25-8-2-4-14(12-25)5-3-9-26/h1,6-7,10-11,14,26H,2-5,8-9,12-13H2. The molecule has 0 spiro atoms. The lowest BCUT2D eigenvalue weighted by Crippen LogP contribution is -2.40. The molecule has 2 aromatic rings. The summed E-state index contributed by atoms with van der Waals surface area (Å²) < 4.78 is 48.7. The molecule has 1 atom stereocenters. The quantitative estimate of drug-likeness (QED) is 0.747. The van der Waals surface area contributed by atoms with Gasteiger partial charge in [0.25, 0.3) is 5.91 Å². The van der Waals surface area contributed by atoms with Crippen molar-refractivity contribution >= 4 is 5.91 Å². The third kappa shape index (κ3) is 5.72. The van der Waals surface area contributed by atoms with E-state index in [1.54, 1.807) is 4.90 Å². The fourth-order valence-corrected chi connectivity index (χ4v) is 3.43. The van der Waals surface area contributed by atoms with E-state index >= 15 is 0 Å². The van der Waals surface area contributed by atoms with Gasteiger partial charge in [0.15, 0.2) is 11.5 Å². The zero-order valence-corrected chi connectivity index (χ0v) is 15.8. The molecule has 9 heteroatoms. The first kappa shape index (κ1) is 21.2. The van der Waals surface area contributed by atoms with Crippen molar-refractivity contribution < 1.29 is 32.3 Å². The molecule has 3 rings (SSSR count). The Kier molecular flexibility index (Phi) is 6.79. The first-order valence-electron chi connectivity index (χ1n) is 9.52. The third-order valence-electron chi connectivity index (χ3n) is 4.90. The fraction of sp³-hybridized carbons (Fsp3) is 0.500. The van der Waals surface area contributed by atoms with E-state index in [0.717, 1.165) is 31.4 Å². The van der Waals surface area contributed by atoms with Gasteiger partial charge in [-0.15, -0.1) is 0 Å². The number of aliphatic hydroxyl groups is 1. The maximum Gasteiger partial charge on any atom is 0.416 e. The van der Waals surface area contributed by atoms with E-state index < -0.39 is 11.7 Å². The lowest BCUT2D eigenvalue weighted by Gasteiger charge is -2.32. The highest BCUT2D eigenvalue weighted by atomic mass is 19.4. The van der Waals surface area contributed by atoms with E-state index in [9.17, 15) is 18.0 Å². The van der Waals surface area contributed by atoms with Gasteiger partial charge in [-0.25, -0.2) is 0 Å². The van der Waals surface area contributed by atoms with Crippen LogP contribution in [0.15, 0.2) is 34.9 Å². The number of carbonyl (C=O) groups excluding carboxylic acids is 1. The molecular formula is C20H23F3N2O4. The summed E-state index contributed by atoms with van der Waals surface area (Å²) in [7, 11) is 0. The van der Waals surface area contributed by atoms with Crippen LogP contribution in [0.3, 0.4) is 0 Å². The molecule has 1 aliphatic rings. The van der Waals surface area contributed by atoms with Crippen LogP contribution in [0.4, 0.5) is 13.2 Å². The predicted octanol–water partition coefficient (Wildman–Crippen LogP) is 3.90. The van der Waals surface area contributed by atoms with Crippen LogP contribution in [0.1, 0.15) is 47.5 Å². The maximum atomic E-state index is 12.8. The van der Waals surface area contributed by atoms with Gasteiger partial charge in [0, 0.05) is 25.8 Å². The molecule has 0 bridgehead atoms. The SMILES string of the molecule is O=C(c1cc(COc2cccc(C(F)(F)F)c2)on1)N1CCCC(CCCO)C1. The molecule has 1 amide bonds. The molecule has 1 unspecified atom stereocenters. The minimum Gasteiger partial charge on any atom is -0.486 e. The highest BCUT2D eigenvalue weighted by Crippen LogP contribution is 2.31. The van der Waals surface area contributed by atoms with Crippen molar-refractivity contribution in [2.24, 2.45) is 5.92 Å². The number of hydrogen-bond acceptors (Lipinski definition) is 5. The summed E-state index contributed by atoms with van der Waals surface area (Å²) in [5.41, 5.74) is -0.653. The predicted molar refractivity (Wildman–Crippen MR) is 97.2 cm³/mol. The van der Waals surface area contributed by atoms with Gasteiger partial charge in [-0.2, -0.15) is 13.2 Å². The summed E-state index contributed by atoms with van der Waals surface area (Å²) in [5, 5.41) is 12.8. The molecule has 1 fully saturated rings. The van der Waals surface area contributed by atoms with E-state index in [-0.39, 0.29) is 36.3 Å². The maximum absolute atomic E-state index is 12.8. The number of benzene rings is 1. The Morgan fingerprint density at radius 2 is 2.17 bits per heavy atom. The van der Waals surface area contributed by atoms with Crippen molar-refractivity contribution in [3.8, 4) is 5.75 Å². The van der Waals surface area contributed by atoms with E-state index in [4.69, 9.17) is 14.4 Å². The second kappa shape index (κ2) is 9.30. The first-order valence-corrected chi connectivity index (χ1v) is 9.52. The summed E-state index contributed by atoms with van der Waals surface area (Å²) in [5.74, 6) is 0.412. The van der Waals surface area contributed by atoms with Crippen molar-refractivity contribution in [1.82, 2.24) is 10.1 Å². The summed E-state index contributed by atoms with van der Waals surface area (Å²) in [4.78, 5) is 14.4. The van der Waals surface area contributed by atoms with Gasteiger partial charge in [0.1, 0.15) is 12.4 Å². The zero-order valence-electron chi connectivity index (χ0n) is 15.8. The molecule has 0 saturated carbocycles. The molecule has 2 heterocycles. The molecule has 1 aliphatic heterocycles. The first-order chi connectivity index (χ1) is 13.9. The van der Waals surface area contributed by atoms with Gasteiger partial charge in [-0.3, -0.25) is 4.79 Å². The lowest BCUT2D eigenvalue weighted by atomic mass is 9.93. The van der Waals surface area contributed by atoms with Crippen molar-refractivity contribution in [2.45, 2.75) is 38.5 Å². The molecule has 6 nitrogen and oxygen atoms in total. The van der Waals surface area contributed by atoms with Crippen molar-refractivity contribution in [2.75, 3.05) is 19.7 Å². The summed E-state index contributed by atoms with van der Waals surface area (Å²) in [6.07, 6.45) is -0.943. The number of nitrogens with zero attached hydrogens (tertiary/aromatic N) is 2. The van der Waals surface area contributed by atoms with Crippen LogP contribution >= 0.6 is 0 Å². The number of alkyl halides is 3. The number of amides is 1. The summed E-state index contributed by atoms with van der Waals surface area (Å²) >= 11 is 0. The van der Waals surface area contributed by atoms with Gasteiger partial charge < -0.3 is 19.3 Å². The minimum absolute atomic E-state index is 0.0480. The van der Waals surface area contributed by atoms with Gasteiger partial charge in [0.2, 0.25) is 0 Å². The monoisotopic (exact) mass is 412 g/mol. The Morgan fingerprint density at radius 1 is 1.34 bits per heavy atom. The van der Waals surface area contributed by atoms with Crippen LogP contribution in [-0.2, 0) is 12.8 Å². The highest BCUT2D eigenvalue weighted by molar-refractivity contribution is 5.92. The number of rotatable bonds is 7. The van der Waals surface area contributed by atoms with Crippen molar-refractivity contribution in [1.29, 1.82) is 0 Å². The Balaban J connectivity index is 1.57. The minimum atomic E-state index is -4.45. The number of likely N-dealkylation sites (tertiary alicyclic amines) is 1. The molecule has 29 heavy (non-hydrogen) atoms. The number of hydrogen-bond donors (Lipinski definition) is 1. The molecule has 1 aromatic heterocycles. The fourth-order valence-electron chi connectivity index (χ4n) is 3.43.